The number of carbonyl (C=O) groups excluding carboxylic acids is 1. The van der Waals surface area contributed by atoms with Gasteiger partial charge >= 0.3 is 0 Å². The van der Waals surface area contributed by atoms with Gasteiger partial charge < -0.3 is 15.0 Å². The Hall–Kier alpha value is -1.26. The molecular formula is C11H13ClN2O2. The van der Waals surface area contributed by atoms with Crippen molar-refractivity contribution < 1.29 is 9.53 Å². The third-order valence-electron chi connectivity index (χ3n) is 2.84. The lowest BCUT2D eigenvalue weighted by Gasteiger charge is -2.12. The van der Waals surface area contributed by atoms with Crippen molar-refractivity contribution in [3.05, 3.63) is 22.7 Å². The van der Waals surface area contributed by atoms with Crippen LogP contribution in [0.5, 0.6) is 5.75 Å². The van der Waals surface area contributed by atoms with E-state index in [2.05, 4.69) is 5.32 Å². The van der Waals surface area contributed by atoms with Gasteiger partial charge in [0.25, 0.3) is 0 Å². The van der Waals surface area contributed by atoms with Gasteiger partial charge in [-0.05, 0) is 19.2 Å². The Kier molecular flexibility index (Phi) is 2.78. The molecule has 1 aliphatic heterocycles. The molecule has 0 aliphatic carbocycles. The summed E-state index contributed by atoms with van der Waals surface area (Å²) < 4.78 is 5.26. The quantitative estimate of drug-likeness (QED) is 0.854. The highest BCUT2D eigenvalue weighted by Crippen LogP contribution is 2.45. The molecular weight excluding hydrogens is 228 g/mol. The van der Waals surface area contributed by atoms with Gasteiger partial charge in [-0.1, -0.05) is 11.6 Å². The largest absolute Gasteiger partial charge is 0.496 e. The lowest BCUT2D eigenvalue weighted by Crippen LogP contribution is -2.30. The molecule has 1 unspecified atom stereocenters. The van der Waals surface area contributed by atoms with Crippen molar-refractivity contribution in [1.82, 2.24) is 5.32 Å². The average Bonchev–Trinajstić information content (AvgIpc) is 2.54. The minimum atomic E-state index is -0.381. The minimum absolute atomic E-state index is 0.0242. The maximum absolute atomic E-state index is 12.0. The third-order valence-corrected chi connectivity index (χ3v) is 3.14. The van der Waals surface area contributed by atoms with E-state index < -0.39 is 0 Å². The van der Waals surface area contributed by atoms with Crippen LogP contribution in [0.15, 0.2) is 12.1 Å². The predicted octanol–water partition coefficient (Wildman–Crippen LogP) is 1.59. The molecule has 0 fully saturated rings. The molecule has 0 aromatic heterocycles. The van der Waals surface area contributed by atoms with Crippen molar-refractivity contribution in [2.45, 2.75) is 6.04 Å². The normalized spacial score (nSPS) is 18.9. The summed E-state index contributed by atoms with van der Waals surface area (Å²) in [6, 6.07) is 3.13. The molecule has 0 bridgehead atoms. The van der Waals surface area contributed by atoms with Crippen molar-refractivity contribution in [1.29, 1.82) is 0 Å². The van der Waals surface area contributed by atoms with E-state index in [0.29, 0.717) is 10.8 Å². The van der Waals surface area contributed by atoms with Gasteiger partial charge in [0.1, 0.15) is 11.8 Å². The lowest BCUT2D eigenvalue weighted by molar-refractivity contribution is -0.119. The topological polar surface area (TPSA) is 41.6 Å². The summed E-state index contributed by atoms with van der Waals surface area (Å²) in [4.78, 5) is 13.5. The van der Waals surface area contributed by atoms with Crippen LogP contribution in [0, 0.1) is 0 Å². The van der Waals surface area contributed by atoms with Crippen molar-refractivity contribution in [3.8, 4) is 5.75 Å². The van der Waals surface area contributed by atoms with Gasteiger partial charge in [0, 0.05) is 12.6 Å². The second kappa shape index (κ2) is 3.96. The number of nitrogens with zero attached hydrogens (tertiary/aromatic N) is 1. The summed E-state index contributed by atoms with van der Waals surface area (Å²) >= 11 is 6.10. The van der Waals surface area contributed by atoms with Crippen LogP contribution in [-0.4, -0.2) is 27.1 Å². The number of hydrogen-bond acceptors (Lipinski definition) is 3. The molecule has 1 aliphatic rings. The van der Waals surface area contributed by atoms with E-state index >= 15 is 0 Å². The molecule has 1 heterocycles. The fourth-order valence-electron chi connectivity index (χ4n) is 2.06. The fourth-order valence-corrected chi connectivity index (χ4v) is 2.35. The van der Waals surface area contributed by atoms with Crippen LogP contribution in [0.2, 0.25) is 5.02 Å². The van der Waals surface area contributed by atoms with Crippen molar-refractivity contribution in [2.75, 3.05) is 26.1 Å². The average molecular weight is 241 g/mol. The van der Waals surface area contributed by atoms with Gasteiger partial charge in [0.2, 0.25) is 5.91 Å². The molecule has 0 saturated carbocycles. The van der Waals surface area contributed by atoms with E-state index in [1.54, 1.807) is 38.2 Å². The molecule has 0 radical (unpaired) electrons. The molecule has 0 saturated heterocycles. The summed E-state index contributed by atoms with van der Waals surface area (Å²) in [5, 5.41) is 3.53. The number of likely N-dealkylation sites (N-methyl/N-ethyl adjacent to an activating group) is 2. The number of ether oxygens (including phenoxy) is 1. The monoisotopic (exact) mass is 240 g/mol. The molecule has 1 aromatic carbocycles. The number of amides is 1. The van der Waals surface area contributed by atoms with E-state index in [-0.39, 0.29) is 11.9 Å². The van der Waals surface area contributed by atoms with Gasteiger partial charge in [-0.3, -0.25) is 4.79 Å². The SMILES string of the molecule is CNC1C(=O)N(C)c2c(Cl)ccc(OC)c21. The van der Waals surface area contributed by atoms with Gasteiger partial charge in [-0.25, -0.2) is 0 Å². The van der Waals surface area contributed by atoms with E-state index in [1.165, 1.54) is 0 Å². The number of halogens is 1. The number of benzene rings is 1. The highest BCUT2D eigenvalue weighted by Gasteiger charge is 2.38. The zero-order valence-corrected chi connectivity index (χ0v) is 10.1. The smallest absolute Gasteiger partial charge is 0.248 e. The first-order chi connectivity index (χ1) is 7.61. The zero-order valence-electron chi connectivity index (χ0n) is 9.37. The first-order valence-corrected chi connectivity index (χ1v) is 5.30. The molecule has 2 rings (SSSR count). The molecule has 1 amide bonds. The second-order valence-electron chi connectivity index (χ2n) is 3.63. The lowest BCUT2D eigenvalue weighted by atomic mass is 10.1. The van der Waals surface area contributed by atoms with Crippen LogP contribution in [-0.2, 0) is 4.79 Å². The summed E-state index contributed by atoms with van der Waals surface area (Å²) in [5.41, 5.74) is 1.54. The predicted molar refractivity (Wildman–Crippen MR) is 63.2 cm³/mol. The van der Waals surface area contributed by atoms with E-state index in [1.807, 2.05) is 0 Å². The highest BCUT2D eigenvalue weighted by atomic mass is 35.5. The Labute approximate surface area is 99.1 Å². The highest BCUT2D eigenvalue weighted by molar-refractivity contribution is 6.35. The number of anilines is 1. The number of nitrogens with one attached hydrogen (secondary N) is 1. The second-order valence-corrected chi connectivity index (χ2v) is 4.04. The molecule has 1 atom stereocenters. The van der Waals surface area contributed by atoms with Gasteiger partial charge in [0.05, 0.1) is 17.8 Å². The number of carbonyl (C=O) groups is 1. The van der Waals surface area contributed by atoms with Gasteiger partial charge in [0.15, 0.2) is 0 Å². The van der Waals surface area contributed by atoms with Crippen molar-refractivity contribution in [2.24, 2.45) is 0 Å². The van der Waals surface area contributed by atoms with Gasteiger partial charge in [-0.15, -0.1) is 0 Å². The van der Waals surface area contributed by atoms with E-state index in [9.17, 15) is 4.79 Å². The first kappa shape index (κ1) is 11.2. The summed E-state index contributed by atoms with van der Waals surface area (Å²) in [5.74, 6) is 0.653. The van der Waals surface area contributed by atoms with Crippen molar-refractivity contribution >= 4 is 23.2 Å². The number of fused-ring (bicyclic) bond motifs is 1. The Morgan fingerprint density at radius 3 is 2.75 bits per heavy atom. The summed E-state index contributed by atoms with van der Waals surface area (Å²) in [7, 11) is 5.04. The summed E-state index contributed by atoms with van der Waals surface area (Å²) in [6.07, 6.45) is 0. The van der Waals surface area contributed by atoms with Crippen LogP contribution in [0.1, 0.15) is 11.6 Å². The molecule has 1 N–H and O–H groups in total. The fraction of sp³-hybridized carbons (Fsp3) is 0.364. The van der Waals surface area contributed by atoms with E-state index in [4.69, 9.17) is 16.3 Å². The Bertz CT molecular complexity index is 448. The minimum Gasteiger partial charge on any atom is -0.496 e. The van der Waals surface area contributed by atoms with Crippen LogP contribution < -0.4 is 15.0 Å². The molecule has 0 spiro atoms. The molecule has 16 heavy (non-hydrogen) atoms. The maximum atomic E-state index is 12.0. The molecule has 5 heteroatoms. The molecule has 86 valence electrons. The van der Waals surface area contributed by atoms with Crippen molar-refractivity contribution in [3.63, 3.8) is 0 Å². The number of rotatable bonds is 2. The van der Waals surface area contributed by atoms with Gasteiger partial charge in [-0.2, -0.15) is 0 Å². The number of methoxy groups -OCH3 is 1. The van der Waals surface area contributed by atoms with Crippen LogP contribution in [0.4, 0.5) is 5.69 Å². The standard InChI is InChI=1S/C11H13ClN2O2/c1-13-9-8-7(16-3)5-4-6(12)10(8)14(2)11(9)15/h4-5,9,13H,1-3H3. The molecule has 1 aromatic rings. The third kappa shape index (κ3) is 1.37. The van der Waals surface area contributed by atoms with Crippen LogP contribution >= 0.6 is 11.6 Å². The van der Waals surface area contributed by atoms with E-state index in [0.717, 1.165) is 11.3 Å². The molecule has 4 nitrogen and oxygen atoms in total. The Morgan fingerprint density at radius 2 is 2.19 bits per heavy atom. The first-order valence-electron chi connectivity index (χ1n) is 4.93. The number of hydrogen-bond donors (Lipinski definition) is 1. The van der Waals surface area contributed by atoms with Crippen LogP contribution in [0.25, 0.3) is 0 Å². The summed E-state index contributed by atoms with van der Waals surface area (Å²) in [6.45, 7) is 0. The van der Waals surface area contributed by atoms with Crippen LogP contribution in [0.3, 0.4) is 0 Å². The Morgan fingerprint density at radius 1 is 1.50 bits per heavy atom. The maximum Gasteiger partial charge on any atom is 0.248 e. The Balaban J connectivity index is 2.68. The zero-order chi connectivity index (χ0) is 11.9.